The summed E-state index contributed by atoms with van der Waals surface area (Å²) < 4.78 is 0. The van der Waals surface area contributed by atoms with Crippen LogP contribution in [0.25, 0.3) is 22.3 Å². The number of benzene rings is 1. The highest BCUT2D eigenvalue weighted by Crippen LogP contribution is 2.34. The lowest BCUT2D eigenvalue weighted by molar-refractivity contribution is -0.140. The maximum Gasteiger partial charge on any atom is 0.246 e. The van der Waals surface area contributed by atoms with E-state index < -0.39 is 17.6 Å². The van der Waals surface area contributed by atoms with Gasteiger partial charge in [0.05, 0.1) is 11.8 Å². The van der Waals surface area contributed by atoms with Crippen LogP contribution < -0.4 is 10.6 Å². The smallest absolute Gasteiger partial charge is 0.246 e. The molecule has 3 amide bonds. The van der Waals surface area contributed by atoms with E-state index in [1.54, 1.807) is 23.1 Å². The molecule has 5 N–H and O–H groups in total. The molecule has 1 fully saturated rings. The molecule has 1 aliphatic carbocycles. The van der Waals surface area contributed by atoms with Gasteiger partial charge >= 0.3 is 0 Å². The standard InChI is InChI=1S/C34H46N6O5/c1-20-16-22(41)19-40(20)33(45)30(34(2,3)4)37-29(43)12-6-5-9-15-35-32(44)21-13-14-26-24(17-21)25-18-27(38-39-31(25)36-26)23-10-7-8-11-28(23)42/h7-8,10-11,18,20-22,30,41-42H,5-6,9,12-17,19H2,1-4H3,(H,35,44)(H,36,39)(H,37,43)/t20-,21-,22-,30-/m1/s1. The number of H-pyrrole nitrogens is 1. The van der Waals surface area contributed by atoms with Gasteiger partial charge in [-0.3, -0.25) is 14.4 Å². The summed E-state index contributed by atoms with van der Waals surface area (Å²) in [5.74, 6) is -0.272. The van der Waals surface area contributed by atoms with Gasteiger partial charge in [0.1, 0.15) is 11.8 Å². The minimum absolute atomic E-state index is 0.0310. The normalized spacial score (nSPS) is 20.6. The third-order valence-corrected chi connectivity index (χ3v) is 9.13. The van der Waals surface area contributed by atoms with Crippen molar-refractivity contribution < 1.29 is 24.6 Å². The summed E-state index contributed by atoms with van der Waals surface area (Å²) >= 11 is 0. The zero-order valence-electron chi connectivity index (χ0n) is 26.7. The fraction of sp³-hybridized carbons (Fsp3) is 0.559. The fourth-order valence-electron chi connectivity index (χ4n) is 6.55. The number of hydrogen-bond donors (Lipinski definition) is 5. The SMILES string of the molecule is C[C@@H]1C[C@@H](O)CN1C(=O)[C@@H](NC(=O)CCCCCNC(=O)[C@@H]1CCc2[nH]c3nnc(-c4ccccc4O)cc3c2C1)C(C)(C)C. The summed E-state index contributed by atoms with van der Waals surface area (Å²) in [5.41, 5.74) is 3.59. The van der Waals surface area contributed by atoms with Crippen LogP contribution in [0.2, 0.25) is 0 Å². The molecule has 0 unspecified atom stereocenters. The van der Waals surface area contributed by atoms with Gasteiger partial charge in [-0.1, -0.05) is 39.3 Å². The Kier molecular flexibility index (Phi) is 9.76. The molecule has 242 valence electrons. The van der Waals surface area contributed by atoms with Gasteiger partial charge in [0.25, 0.3) is 0 Å². The van der Waals surface area contributed by atoms with E-state index >= 15 is 0 Å². The number of aromatic amines is 1. The maximum atomic E-state index is 13.2. The molecule has 1 saturated heterocycles. The van der Waals surface area contributed by atoms with Crippen LogP contribution >= 0.6 is 0 Å². The number of β-amino-alcohol motifs (C(OH)–C–C–N with tert-alkyl or cyclic N) is 1. The molecule has 1 aliphatic heterocycles. The molecule has 1 aromatic carbocycles. The largest absolute Gasteiger partial charge is 0.507 e. The minimum atomic E-state index is -0.658. The van der Waals surface area contributed by atoms with E-state index in [0.717, 1.165) is 42.3 Å². The Morgan fingerprint density at radius 1 is 1.13 bits per heavy atom. The van der Waals surface area contributed by atoms with Crippen molar-refractivity contribution in [2.24, 2.45) is 11.3 Å². The number of nitrogens with one attached hydrogen (secondary N) is 3. The maximum absolute atomic E-state index is 13.2. The lowest BCUT2D eigenvalue weighted by Crippen LogP contribution is -2.55. The average Bonchev–Trinajstić information content (AvgIpc) is 3.54. The number of aryl methyl sites for hydroxylation is 1. The first-order valence-corrected chi connectivity index (χ1v) is 16.1. The Morgan fingerprint density at radius 3 is 2.62 bits per heavy atom. The summed E-state index contributed by atoms with van der Waals surface area (Å²) in [6.45, 7) is 8.56. The van der Waals surface area contributed by atoms with Gasteiger partial charge in [-0.2, -0.15) is 0 Å². The zero-order chi connectivity index (χ0) is 32.3. The molecule has 3 aromatic rings. The van der Waals surface area contributed by atoms with E-state index in [1.165, 1.54) is 0 Å². The van der Waals surface area contributed by atoms with Crippen molar-refractivity contribution in [1.29, 1.82) is 0 Å². The topological polar surface area (TPSA) is 161 Å². The second-order valence-electron chi connectivity index (χ2n) is 13.7. The Balaban J connectivity index is 1.07. The number of aliphatic hydroxyl groups excluding tert-OH is 1. The highest BCUT2D eigenvalue weighted by Gasteiger charge is 2.40. The van der Waals surface area contributed by atoms with Crippen LogP contribution in [0, 0.1) is 11.3 Å². The Bertz CT molecular complexity index is 1550. The summed E-state index contributed by atoms with van der Waals surface area (Å²) in [6.07, 6.45) is 4.64. The first-order valence-electron chi connectivity index (χ1n) is 16.1. The summed E-state index contributed by atoms with van der Waals surface area (Å²) in [4.78, 5) is 44.1. The molecule has 0 spiro atoms. The Hall–Kier alpha value is -3.99. The lowest BCUT2D eigenvalue weighted by Gasteiger charge is -2.35. The fourth-order valence-corrected chi connectivity index (χ4v) is 6.55. The van der Waals surface area contributed by atoms with Crippen molar-refractivity contribution in [1.82, 2.24) is 30.7 Å². The van der Waals surface area contributed by atoms with Crippen LogP contribution in [0.4, 0.5) is 0 Å². The molecule has 45 heavy (non-hydrogen) atoms. The van der Waals surface area contributed by atoms with Gasteiger partial charge < -0.3 is 30.7 Å². The molecule has 3 heterocycles. The predicted molar refractivity (Wildman–Crippen MR) is 171 cm³/mol. The first kappa shape index (κ1) is 32.4. The van der Waals surface area contributed by atoms with E-state index in [4.69, 9.17) is 0 Å². The van der Waals surface area contributed by atoms with Crippen molar-refractivity contribution in [3.05, 3.63) is 41.6 Å². The average molecular weight is 619 g/mol. The lowest BCUT2D eigenvalue weighted by atomic mass is 9.85. The van der Waals surface area contributed by atoms with Crippen molar-refractivity contribution in [3.8, 4) is 17.0 Å². The van der Waals surface area contributed by atoms with E-state index in [9.17, 15) is 24.6 Å². The van der Waals surface area contributed by atoms with Crippen molar-refractivity contribution in [2.75, 3.05) is 13.1 Å². The summed E-state index contributed by atoms with van der Waals surface area (Å²) in [7, 11) is 0. The number of nitrogens with zero attached hydrogens (tertiary/aromatic N) is 3. The molecule has 2 aliphatic rings. The van der Waals surface area contributed by atoms with Crippen molar-refractivity contribution in [2.45, 2.75) is 97.2 Å². The van der Waals surface area contributed by atoms with E-state index in [2.05, 4.69) is 25.8 Å². The number of unbranched alkanes of at least 4 members (excludes halogenated alkanes) is 2. The first-order chi connectivity index (χ1) is 21.4. The van der Waals surface area contributed by atoms with Crippen LogP contribution in [-0.2, 0) is 27.2 Å². The second kappa shape index (κ2) is 13.6. The number of aromatic nitrogens is 3. The van der Waals surface area contributed by atoms with Crippen LogP contribution in [0.1, 0.15) is 77.5 Å². The summed E-state index contributed by atoms with van der Waals surface area (Å²) in [6, 6.07) is 8.25. The molecular formula is C34H46N6O5. The summed E-state index contributed by atoms with van der Waals surface area (Å²) in [5, 5.41) is 35.9. The van der Waals surface area contributed by atoms with E-state index in [1.807, 2.05) is 39.8 Å². The van der Waals surface area contributed by atoms with Crippen LogP contribution in [0.5, 0.6) is 5.75 Å². The number of aromatic hydroxyl groups is 1. The number of carbonyl (C=O) groups excluding carboxylic acids is 3. The highest BCUT2D eigenvalue weighted by atomic mass is 16.3. The molecule has 0 radical (unpaired) electrons. The van der Waals surface area contributed by atoms with Crippen molar-refractivity contribution >= 4 is 28.8 Å². The van der Waals surface area contributed by atoms with Crippen molar-refractivity contribution in [3.63, 3.8) is 0 Å². The molecule has 0 saturated carbocycles. The van der Waals surface area contributed by atoms with E-state index in [-0.39, 0.29) is 35.4 Å². The zero-order valence-corrected chi connectivity index (χ0v) is 26.7. The monoisotopic (exact) mass is 618 g/mol. The number of phenols is 1. The number of para-hydroxylation sites is 1. The minimum Gasteiger partial charge on any atom is -0.507 e. The Labute approximate surface area is 264 Å². The third-order valence-electron chi connectivity index (χ3n) is 9.13. The quantitative estimate of drug-likeness (QED) is 0.217. The third kappa shape index (κ3) is 7.46. The van der Waals surface area contributed by atoms with E-state index in [0.29, 0.717) is 55.7 Å². The molecule has 0 bridgehead atoms. The number of rotatable bonds is 10. The van der Waals surface area contributed by atoms with Crippen LogP contribution in [0.3, 0.4) is 0 Å². The molecular weight excluding hydrogens is 572 g/mol. The number of amides is 3. The molecule has 11 heteroatoms. The number of likely N-dealkylation sites (tertiary alicyclic amines) is 1. The number of phenolic OH excluding ortho intramolecular Hbond substituents is 1. The van der Waals surface area contributed by atoms with Gasteiger partial charge in [0, 0.05) is 48.1 Å². The van der Waals surface area contributed by atoms with Gasteiger partial charge in [-0.15, -0.1) is 10.2 Å². The highest BCUT2D eigenvalue weighted by molar-refractivity contribution is 5.89. The molecule has 4 atom stereocenters. The van der Waals surface area contributed by atoms with Gasteiger partial charge in [0.15, 0.2) is 5.65 Å². The second-order valence-corrected chi connectivity index (χ2v) is 13.7. The molecule has 11 nitrogen and oxygen atoms in total. The molecule has 2 aromatic heterocycles. The van der Waals surface area contributed by atoms with Gasteiger partial charge in [-0.25, -0.2) is 0 Å². The number of aliphatic hydroxyl groups is 1. The predicted octanol–water partition coefficient (Wildman–Crippen LogP) is 3.62. The molecule has 5 rings (SSSR count). The van der Waals surface area contributed by atoms with Gasteiger partial charge in [-0.05, 0) is 74.6 Å². The van der Waals surface area contributed by atoms with Crippen LogP contribution in [0.15, 0.2) is 30.3 Å². The Morgan fingerprint density at radius 2 is 1.91 bits per heavy atom. The number of carbonyl (C=O) groups is 3. The van der Waals surface area contributed by atoms with Gasteiger partial charge in [0.2, 0.25) is 17.7 Å². The number of hydrogen-bond acceptors (Lipinski definition) is 7. The number of fused-ring (bicyclic) bond motifs is 3. The van der Waals surface area contributed by atoms with Crippen LogP contribution in [-0.4, -0.2) is 79.3 Å².